The highest BCUT2D eigenvalue weighted by molar-refractivity contribution is 6.45. The van der Waals surface area contributed by atoms with Gasteiger partial charge in [0.2, 0.25) is 5.71 Å². The lowest BCUT2D eigenvalue weighted by molar-refractivity contribution is -0.137. The van der Waals surface area contributed by atoms with Crippen LogP contribution in [0.15, 0.2) is 23.3 Å². The number of nitrogens with zero attached hydrogens (tertiary/aromatic N) is 3. The Morgan fingerprint density at radius 2 is 2.00 bits per heavy atom. The molecule has 0 aromatic heterocycles. The maximum atomic E-state index is 12.7. The summed E-state index contributed by atoms with van der Waals surface area (Å²) in [6, 6.07) is 5.77. The smallest absolute Gasteiger partial charge is 0.382 e. The Labute approximate surface area is 111 Å². The minimum absolute atomic E-state index is 0.0923. The first-order valence-corrected chi connectivity index (χ1v) is 4.99. The molecule has 0 amide bonds. The van der Waals surface area contributed by atoms with Gasteiger partial charge >= 0.3 is 6.18 Å². The number of benzene rings is 1. The molecule has 0 fully saturated rings. The number of anilines is 1. The fourth-order valence-corrected chi connectivity index (χ4v) is 1.21. The lowest BCUT2D eigenvalue weighted by atomic mass is 10.1. The van der Waals surface area contributed by atoms with Crippen LogP contribution in [0.2, 0.25) is 0 Å². The number of hydrazone groups is 1. The van der Waals surface area contributed by atoms with Crippen LogP contribution in [0.3, 0.4) is 0 Å². The molecule has 9 heteroatoms. The highest BCUT2D eigenvalue weighted by Gasteiger charge is 2.33. The second-order valence-electron chi connectivity index (χ2n) is 3.47. The van der Waals surface area contributed by atoms with E-state index >= 15 is 0 Å². The predicted molar refractivity (Wildman–Crippen MR) is 64.7 cm³/mol. The number of hydrogen-bond donors (Lipinski definition) is 3. The Hall–Kier alpha value is -3.07. The molecule has 0 heterocycles. The van der Waals surface area contributed by atoms with E-state index in [9.17, 15) is 13.2 Å². The summed E-state index contributed by atoms with van der Waals surface area (Å²) in [6.45, 7) is 0. The Kier molecular flexibility index (Phi) is 4.28. The van der Waals surface area contributed by atoms with Crippen LogP contribution in [-0.2, 0) is 6.18 Å². The zero-order valence-corrected chi connectivity index (χ0v) is 9.78. The number of nitrogens with two attached hydrogens (primary N) is 1. The van der Waals surface area contributed by atoms with Crippen molar-refractivity contribution in [3.8, 4) is 12.1 Å². The summed E-state index contributed by atoms with van der Waals surface area (Å²) in [4.78, 5) is 0. The van der Waals surface area contributed by atoms with Crippen molar-refractivity contribution >= 4 is 17.2 Å². The third kappa shape index (κ3) is 3.46. The first-order chi connectivity index (χ1) is 9.29. The van der Waals surface area contributed by atoms with Crippen molar-refractivity contribution in [2.45, 2.75) is 6.18 Å². The number of nitrogens with one attached hydrogen (secondary N) is 2. The quantitative estimate of drug-likeness (QED) is 0.444. The molecule has 20 heavy (non-hydrogen) atoms. The maximum absolute atomic E-state index is 12.7. The standard InChI is InChI=1S/C11H7F3N6/c12-11(13,14)8-3-7(2-1-6(8)4-15)19-20-9(5-16)10(17)18/h1-3,19H,(H3,17,18)/b20-9+. The molecule has 102 valence electrons. The Morgan fingerprint density at radius 1 is 1.35 bits per heavy atom. The van der Waals surface area contributed by atoms with E-state index in [0.29, 0.717) is 6.07 Å². The number of alkyl halides is 3. The van der Waals surface area contributed by atoms with Crippen LogP contribution in [0.5, 0.6) is 0 Å². The van der Waals surface area contributed by atoms with Crippen molar-refractivity contribution in [1.29, 1.82) is 15.9 Å². The summed E-state index contributed by atoms with van der Waals surface area (Å²) < 4.78 is 38.1. The minimum atomic E-state index is -4.69. The van der Waals surface area contributed by atoms with Crippen molar-refractivity contribution in [1.82, 2.24) is 0 Å². The molecule has 0 atom stereocenters. The van der Waals surface area contributed by atoms with Gasteiger partial charge in [0.1, 0.15) is 6.07 Å². The van der Waals surface area contributed by atoms with Gasteiger partial charge in [-0.3, -0.25) is 10.8 Å². The molecule has 4 N–H and O–H groups in total. The van der Waals surface area contributed by atoms with Crippen molar-refractivity contribution in [2.75, 3.05) is 5.43 Å². The third-order valence-electron chi connectivity index (χ3n) is 2.10. The van der Waals surface area contributed by atoms with Crippen molar-refractivity contribution in [3.05, 3.63) is 29.3 Å². The normalized spacial score (nSPS) is 11.3. The predicted octanol–water partition coefficient (Wildman–Crippen LogP) is 1.80. The SMILES string of the molecule is N#C/C(=N\Nc1ccc(C#N)c(C(F)(F)F)c1)C(=N)N. The highest BCUT2D eigenvalue weighted by atomic mass is 19.4. The summed E-state index contributed by atoms with van der Waals surface area (Å²) in [7, 11) is 0. The van der Waals surface area contributed by atoms with E-state index in [1.807, 2.05) is 0 Å². The van der Waals surface area contributed by atoms with Gasteiger partial charge < -0.3 is 5.73 Å². The van der Waals surface area contributed by atoms with Gasteiger partial charge in [0.05, 0.1) is 22.9 Å². The van der Waals surface area contributed by atoms with Crippen molar-refractivity contribution in [3.63, 3.8) is 0 Å². The third-order valence-corrected chi connectivity index (χ3v) is 2.10. The van der Waals surface area contributed by atoms with Crippen molar-refractivity contribution < 1.29 is 13.2 Å². The van der Waals surface area contributed by atoms with Gasteiger partial charge in [-0.2, -0.15) is 28.8 Å². The lowest BCUT2D eigenvalue weighted by Gasteiger charge is -2.10. The molecule has 6 nitrogen and oxygen atoms in total. The van der Waals surface area contributed by atoms with Crippen LogP contribution in [0.4, 0.5) is 18.9 Å². The maximum Gasteiger partial charge on any atom is 0.417 e. The molecule has 0 saturated carbocycles. The van der Waals surface area contributed by atoms with Gasteiger partial charge in [-0.1, -0.05) is 0 Å². The van der Waals surface area contributed by atoms with E-state index in [1.165, 1.54) is 18.2 Å². The second kappa shape index (κ2) is 5.71. The number of rotatable bonds is 3. The molecule has 0 unspecified atom stereocenters. The molecule has 0 aliphatic heterocycles. The van der Waals surface area contributed by atoms with Crippen LogP contribution >= 0.6 is 0 Å². The van der Waals surface area contributed by atoms with Gasteiger partial charge in [-0.15, -0.1) is 0 Å². The molecule has 1 rings (SSSR count). The van der Waals surface area contributed by atoms with Gasteiger partial charge in [0, 0.05) is 0 Å². The van der Waals surface area contributed by atoms with Gasteiger partial charge in [-0.25, -0.2) is 0 Å². The molecule has 0 aliphatic carbocycles. The van der Waals surface area contributed by atoms with Crippen LogP contribution in [0.25, 0.3) is 0 Å². The van der Waals surface area contributed by atoms with Crippen LogP contribution < -0.4 is 11.2 Å². The van der Waals surface area contributed by atoms with Crippen LogP contribution in [0, 0.1) is 28.1 Å². The zero-order chi connectivity index (χ0) is 15.3. The van der Waals surface area contributed by atoms with Gasteiger partial charge in [-0.05, 0) is 18.2 Å². The number of nitriles is 2. The van der Waals surface area contributed by atoms with Crippen LogP contribution in [-0.4, -0.2) is 11.5 Å². The van der Waals surface area contributed by atoms with E-state index in [4.69, 9.17) is 21.7 Å². The van der Waals surface area contributed by atoms with E-state index in [2.05, 4.69) is 10.5 Å². The Morgan fingerprint density at radius 3 is 2.45 bits per heavy atom. The molecule has 1 aromatic rings. The molecule has 0 bridgehead atoms. The Bertz CT molecular complexity index is 648. The van der Waals surface area contributed by atoms with E-state index in [1.54, 1.807) is 0 Å². The second-order valence-corrected chi connectivity index (χ2v) is 3.47. The Balaban J connectivity index is 3.15. The van der Waals surface area contributed by atoms with Gasteiger partial charge in [0.25, 0.3) is 0 Å². The lowest BCUT2D eigenvalue weighted by Crippen LogP contribution is -2.21. The molecule has 0 radical (unpaired) electrons. The monoisotopic (exact) mass is 280 g/mol. The molecular formula is C11H7F3N6. The first-order valence-electron chi connectivity index (χ1n) is 4.99. The fraction of sp³-hybridized carbons (Fsp3) is 0.0909. The molecule has 0 saturated heterocycles. The highest BCUT2D eigenvalue weighted by Crippen LogP contribution is 2.33. The average molecular weight is 280 g/mol. The average Bonchev–Trinajstić information content (AvgIpc) is 2.37. The summed E-state index contributed by atoms with van der Waals surface area (Å²) in [5.41, 5.74) is 4.99. The number of hydrogen-bond acceptors (Lipinski definition) is 5. The largest absolute Gasteiger partial charge is 0.417 e. The van der Waals surface area contributed by atoms with Gasteiger partial charge in [0.15, 0.2) is 5.84 Å². The first kappa shape index (κ1) is 15.0. The summed E-state index contributed by atoms with van der Waals surface area (Å²) in [6.07, 6.45) is -4.69. The minimum Gasteiger partial charge on any atom is -0.382 e. The summed E-state index contributed by atoms with van der Waals surface area (Å²) >= 11 is 0. The van der Waals surface area contributed by atoms with Crippen LogP contribution in [0.1, 0.15) is 11.1 Å². The zero-order valence-electron chi connectivity index (χ0n) is 9.78. The van der Waals surface area contributed by atoms with Crippen molar-refractivity contribution in [2.24, 2.45) is 10.8 Å². The topological polar surface area (TPSA) is 122 Å². The van der Waals surface area contributed by atoms with E-state index in [0.717, 1.165) is 6.07 Å². The number of halogens is 3. The summed E-state index contributed by atoms with van der Waals surface area (Å²) in [5.74, 6) is -0.621. The molecule has 1 aromatic carbocycles. The number of amidine groups is 1. The molecular weight excluding hydrogens is 273 g/mol. The summed E-state index contributed by atoms with van der Waals surface area (Å²) in [5, 5.41) is 27.6. The molecule has 0 aliphatic rings. The van der Waals surface area contributed by atoms with E-state index < -0.39 is 28.9 Å². The van der Waals surface area contributed by atoms with E-state index in [-0.39, 0.29) is 5.69 Å². The fourth-order valence-electron chi connectivity index (χ4n) is 1.21. The molecule has 0 spiro atoms.